The summed E-state index contributed by atoms with van der Waals surface area (Å²) in [4.78, 5) is 33.0. The Balaban J connectivity index is 1.26. The molecule has 1 aliphatic heterocycles. The van der Waals surface area contributed by atoms with Crippen LogP contribution in [-0.4, -0.2) is 50.4 Å². The first-order valence-corrected chi connectivity index (χ1v) is 12.7. The summed E-state index contributed by atoms with van der Waals surface area (Å²) in [5.41, 5.74) is 5.60. The summed E-state index contributed by atoms with van der Waals surface area (Å²) in [5.74, 6) is 0.761. The highest BCUT2D eigenvalue weighted by Gasteiger charge is 2.23. The molecule has 0 radical (unpaired) electrons. The van der Waals surface area contributed by atoms with Gasteiger partial charge in [-0.2, -0.15) is 0 Å². The zero-order chi connectivity index (χ0) is 25.6. The Hall–Kier alpha value is -4.17. The van der Waals surface area contributed by atoms with Crippen LogP contribution in [0.15, 0.2) is 73.3 Å². The second-order valence-corrected chi connectivity index (χ2v) is 9.35. The maximum atomic E-state index is 13.0. The van der Waals surface area contributed by atoms with Gasteiger partial charge < -0.3 is 15.5 Å². The van der Waals surface area contributed by atoms with Crippen LogP contribution in [0.2, 0.25) is 0 Å². The van der Waals surface area contributed by atoms with Crippen LogP contribution in [0.5, 0.6) is 0 Å². The van der Waals surface area contributed by atoms with Crippen LogP contribution < -0.4 is 10.6 Å². The molecule has 2 N–H and O–H groups in total. The second-order valence-electron chi connectivity index (χ2n) is 9.35. The Bertz CT molecular complexity index is 1360. The molecule has 0 bridgehead atoms. The summed E-state index contributed by atoms with van der Waals surface area (Å²) in [5, 5.41) is 6.19. The first kappa shape index (κ1) is 24.5. The SMILES string of the molecule is CCCN1CCC(c2ccc(NC(=O)c3cnc(C)c(Nc4nccc(-c5cccnc5)n4)c3)cc2)C1. The van der Waals surface area contributed by atoms with Crippen molar-refractivity contribution in [3.8, 4) is 11.3 Å². The van der Waals surface area contributed by atoms with Gasteiger partial charge in [0.1, 0.15) is 0 Å². The van der Waals surface area contributed by atoms with Crippen LogP contribution in [0.25, 0.3) is 11.3 Å². The van der Waals surface area contributed by atoms with E-state index in [4.69, 9.17) is 0 Å². The number of likely N-dealkylation sites (tertiary alicyclic amines) is 1. The van der Waals surface area contributed by atoms with E-state index in [9.17, 15) is 4.79 Å². The molecule has 188 valence electrons. The molecule has 1 atom stereocenters. The lowest BCUT2D eigenvalue weighted by Gasteiger charge is -2.15. The molecule has 1 aromatic carbocycles. The highest BCUT2D eigenvalue weighted by Crippen LogP contribution is 2.28. The van der Waals surface area contributed by atoms with E-state index in [2.05, 4.69) is 54.5 Å². The first-order chi connectivity index (χ1) is 18.1. The standard InChI is InChI=1S/C29H31N7O/c1-3-14-36-15-11-23(19-36)21-6-8-25(9-7-21)33-28(37)24-16-27(20(2)32-18-24)35-29-31-13-10-26(34-29)22-5-4-12-30-17-22/h4-10,12-13,16-18,23H,3,11,14-15,19H2,1-2H3,(H,33,37)(H,31,34,35). The summed E-state index contributed by atoms with van der Waals surface area (Å²) in [6.07, 6.45) is 9.12. The van der Waals surface area contributed by atoms with E-state index in [1.54, 1.807) is 30.9 Å². The number of hydrogen-bond acceptors (Lipinski definition) is 7. The molecule has 8 nitrogen and oxygen atoms in total. The van der Waals surface area contributed by atoms with Gasteiger partial charge in [0.2, 0.25) is 5.95 Å². The van der Waals surface area contributed by atoms with Gasteiger partial charge in [-0.15, -0.1) is 0 Å². The lowest BCUT2D eigenvalue weighted by Crippen LogP contribution is -2.20. The number of benzene rings is 1. The summed E-state index contributed by atoms with van der Waals surface area (Å²) < 4.78 is 0. The zero-order valence-corrected chi connectivity index (χ0v) is 21.2. The highest BCUT2D eigenvalue weighted by molar-refractivity contribution is 6.04. The molecule has 4 heterocycles. The van der Waals surface area contributed by atoms with Gasteiger partial charge in [-0.25, -0.2) is 9.97 Å². The highest BCUT2D eigenvalue weighted by atomic mass is 16.1. The van der Waals surface area contributed by atoms with E-state index < -0.39 is 0 Å². The van der Waals surface area contributed by atoms with Crippen molar-refractivity contribution in [1.82, 2.24) is 24.8 Å². The van der Waals surface area contributed by atoms with Crippen LogP contribution in [0.4, 0.5) is 17.3 Å². The van der Waals surface area contributed by atoms with E-state index in [0.29, 0.717) is 23.1 Å². The van der Waals surface area contributed by atoms with Crippen molar-refractivity contribution < 1.29 is 4.79 Å². The summed E-state index contributed by atoms with van der Waals surface area (Å²) in [6.45, 7) is 7.53. The quantitative estimate of drug-likeness (QED) is 0.337. The van der Waals surface area contributed by atoms with E-state index in [0.717, 1.165) is 42.3 Å². The Morgan fingerprint density at radius 1 is 1.08 bits per heavy atom. The van der Waals surface area contributed by atoms with Crippen LogP contribution in [-0.2, 0) is 0 Å². The number of aromatic nitrogens is 4. The lowest BCUT2D eigenvalue weighted by atomic mass is 9.98. The predicted molar refractivity (Wildman–Crippen MR) is 146 cm³/mol. The number of nitrogens with zero attached hydrogens (tertiary/aromatic N) is 5. The number of hydrogen-bond donors (Lipinski definition) is 2. The van der Waals surface area contributed by atoms with E-state index >= 15 is 0 Å². The molecular weight excluding hydrogens is 462 g/mol. The molecule has 0 saturated carbocycles. The molecule has 0 aliphatic carbocycles. The topological polar surface area (TPSA) is 95.9 Å². The Labute approximate surface area is 217 Å². The van der Waals surface area contributed by atoms with Crippen molar-refractivity contribution >= 4 is 23.2 Å². The Morgan fingerprint density at radius 3 is 2.73 bits per heavy atom. The van der Waals surface area contributed by atoms with Crippen LogP contribution >= 0.6 is 0 Å². The fourth-order valence-corrected chi connectivity index (χ4v) is 4.66. The van der Waals surface area contributed by atoms with Crippen molar-refractivity contribution in [3.63, 3.8) is 0 Å². The van der Waals surface area contributed by atoms with E-state index in [1.165, 1.54) is 18.4 Å². The minimum Gasteiger partial charge on any atom is -0.323 e. The average Bonchev–Trinajstić information content (AvgIpc) is 3.40. The van der Waals surface area contributed by atoms with Crippen molar-refractivity contribution in [2.24, 2.45) is 0 Å². The van der Waals surface area contributed by atoms with Crippen LogP contribution in [0, 0.1) is 6.92 Å². The summed E-state index contributed by atoms with van der Waals surface area (Å²) in [7, 11) is 0. The van der Waals surface area contributed by atoms with Crippen molar-refractivity contribution in [3.05, 3.63) is 90.1 Å². The third-order valence-corrected chi connectivity index (χ3v) is 6.66. The number of pyridine rings is 2. The van der Waals surface area contributed by atoms with Gasteiger partial charge in [0, 0.05) is 42.6 Å². The first-order valence-electron chi connectivity index (χ1n) is 12.7. The maximum absolute atomic E-state index is 13.0. The van der Waals surface area contributed by atoms with Crippen LogP contribution in [0.1, 0.15) is 47.3 Å². The van der Waals surface area contributed by atoms with E-state index in [1.807, 2.05) is 37.3 Å². The molecule has 5 rings (SSSR count). The number of carbonyl (C=O) groups is 1. The molecule has 8 heteroatoms. The van der Waals surface area contributed by atoms with Crippen molar-refractivity contribution in [2.75, 3.05) is 30.3 Å². The molecule has 1 aliphatic rings. The number of nitrogens with one attached hydrogen (secondary N) is 2. The molecule has 1 saturated heterocycles. The van der Waals surface area contributed by atoms with Gasteiger partial charge in [0.05, 0.1) is 22.6 Å². The monoisotopic (exact) mass is 493 g/mol. The molecule has 1 amide bonds. The minimum atomic E-state index is -0.219. The fourth-order valence-electron chi connectivity index (χ4n) is 4.66. The number of rotatable bonds is 8. The molecular formula is C29H31N7O. The zero-order valence-electron chi connectivity index (χ0n) is 21.2. The average molecular weight is 494 g/mol. The normalized spacial score (nSPS) is 15.5. The Kier molecular flexibility index (Phi) is 7.46. The Morgan fingerprint density at radius 2 is 1.95 bits per heavy atom. The lowest BCUT2D eigenvalue weighted by molar-refractivity contribution is 0.102. The van der Waals surface area contributed by atoms with Gasteiger partial charge in [-0.1, -0.05) is 19.1 Å². The number of aryl methyl sites for hydroxylation is 1. The third-order valence-electron chi connectivity index (χ3n) is 6.66. The number of anilines is 3. The smallest absolute Gasteiger partial charge is 0.257 e. The van der Waals surface area contributed by atoms with Crippen LogP contribution in [0.3, 0.4) is 0 Å². The molecule has 0 spiro atoms. The third kappa shape index (κ3) is 5.98. The summed E-state index contributed by atoms with van der Waals surface area (Å²) in [6, 6.07) is 15.6. The van der Waals surface area contributed by atoms with Gasteiger partial charge in [0.25, 0.3) is 5.91 Å². The number of amides is 1. The molecule has 37 heavy (non-hydrogen) atoms. The van der Waals surface area contributed by atoms with E-state index in [-0.39, 0.29) is 5.91 Å². The van der Waals surface area contributed by atoms with Crippen molar-refractivity contribution in [1.29, 1.82) is 0 Å². The predicted octanol–water partition coefficient (Wildman–Crippen LogP) is 5.44. The second kappa shape index (κ2) is 11.3. The maximum Gasteiger partial charge on any atom is 0.257 e. The fraction of sp³-hybridized carbons (Fsp3) is 0.276. The number of carbonyl (C=O) groups excluding carboxylic acids is 1. The molecule has 4 aromatic rings. The molecule has 1 fully saturated rings. The van der Waals surface area contributed by atoms with Gasteiger partial charge in [-0.3, -0.25) is 14.8 Å². The summed E-state index contributed by atoms with van der Waals surface area (Å²) >= 11 is 0. The van der Waals surface area contributed by atoms with Crippen molar-refractivity contribution in [2.45, 2.75) is 32.6 Å². The van der Waals surface area contributed by atoms with Gasteiger partial charge in [0.15, 0.2) is 0 Å². The van der Waals surface area contributed by atoms with Gasteiger partial charge >= 0.3 is 0 Å². The molecule has 3 aromatic heterocycles. The largest absolute Gasteiger partial charge is 0.323 e. The minimum absolute atomic E-state index is 0.219. The molecule has 1 unspecified atom stereocenters. The van der Waals surface area contributed by atoms with Gasteiger partial charge in [-0.05, 0) is 80.7 Å².